The van der Waals surface area contributed by atoms with Crippen LogP contribution < -0.4 is 0 Å². The Morgan fingerprint density at radius 3 is 2.90 bits per heavy atom. The van der Waals surface area contributed by atoms with Crippen molar-refractivity contribution in [2.45, 2.75) is 68.5 Å². The number of halogens is 1. The molecule has 114 valence electrons. The van der Waals surface area contributed by atoms with Crippen LogP contribution in [-0.2, 0) is 9.53 Å². The molecule has 0 saturated carbocycles. The molecule has 1 aliphatic heterocycles. The number of allylic oxidation sites excluding steroid dienone is 2. The van der Waals surface area contributed by atoms with Crippen molar-refractivity contribution in [3.8, 4) is 0 Å². The van der Waals surface area contributed by atoms with Crippen LogP contribution in [0.3, 0.4) is 0 Å². The highest BCUT2D eigenvalue weighted by Gasteiger charge is 2.50. The number of carbonyl (C=O) groups excluding carboxylic acids is 1. The number of fused-ring (bicyclic) bond motifs is 1. The van der Waals surface area contributed by atoms with Crippen molar-refractivity contribution in [2.75, 3.05) is 0 Å². The third-order valence-corrected chi connectivity index (χ3v) is 6.04. The average molecular weight is 392 g/mol. The van der Waals surface area contributed by atoms with Gasteiger partial charge in [0.25, 0.3) is 0 Å². The van der Waals surface area contributed by atoms with Crippen molar-refractivity contribution in [3.05, 3.63) is 11.6 Å². The van der Waals surface area contributed by atoms with Gasteiger partial charge < -0.3 is 9.84 Å². The molecular formula is C16H25IO3. The van der Waals surface area contributed by atoms with Crippen LogP contribution in [0.25, 0.3) is 0 Å². The molecule has 2 rings (SSSR count). The summed E-state index contributed by atoms with van der Waals surface area (Å²) in [5.41, 5.74) is 1.39. The highest BCUT2D eigenvalue weighted by atomic mass is 127. The molecule has 0 radical (unpaired) electrons. The number of rotatable bonds is 1. The molecule has 4 heteroatoms. The van der Waals surface area contributed by atoms with Crippen LogP contribution in [0.4, 0.5) is 0 Å². The molecule has 0 aromatic heterocycles. The van der Waals surface area contributed by atoms with Gasteiger partial charge in [-0.2, -0.15) is 0 Å². The van der Waals surface area contributed by atoms with Crippen LogP contribution in [0.2, 0.25) is 0 Å². The Hall–Kier alpha value is -0.100. The van der Waals surface area contributed by atoms with E-state index in [1.807, 2.05) is 6.92 Å². The minimum absolute atomic E-state index is 0.0472. The Kier molecular flexibility index (Phi) is 5.16. The summed E-state index contributed by atoms with van der Waals surface area (Å²) in [6.07, 6.45) is 5.98. The lowest BCUT2D eigenvalue weighted by Gasteiger charge is -2.35. The standard InChI is InChI=1S/C16H25IO3/c1-4-11-12-8-7-10(2)6-5-9-16(3,17)14(18)13(12)20-15(11)19/h6,11-14,18H,4-5,7-9H2,1-3H3/b10-6+/t11-,12-,13-,14+,16+/m0/s1. The predicted octanol–water partition coefficient (Wildman–Crippen LogP) is 3.63. The van der Waals surface area contributed by atoms with Gasteiger partial charge in [-0.3, -0.25) is 4.79 Å². The summed E-state index contributed by atoms with van der Waals surface area (Å²) < 4.78 is 5.32. The zero-order valence-electron chi connectivity index (χ0n) is 12.6. The third kappa shape index (κ3) is 3.21. The van der Waals surface area contributed by atoms with E-state index < -0.39 is 6.10 Å². The largest absolute Gasteiger partial charge is 0.459 e. The Morgan fingerprint density at radius 2 is 2.25 bits per heavy atom. The van der Waals surface area contributed by atoms with E-state index in [2.05, 4.69) is 42.5 Å². The molecule has 0 bridgehead atoms. The predicted molar refractivity (Wildman–Crippen MR) is 87.8 cm³/mol. The molecule has 0 amide bonds. The first-order valence-corrected chi connectivity index (χ1v) is 8.67. The van der Waals surface area contributed by atoms with E-state index in [1.165, 1.54) is 5.57 Å². The van der Waals surface area contributed by atoms with Gasteiger partial charge >= 0.3 is 5.97 Å². The van der Waals surface area contributed by atoms with Gasteiger partial charge in [-0.05, 0) is 46.0 Å². The van der Waals surface area contributed by atoms with Crippen LogP contribution in [0.1, 0.15) is 52.9 Å². The molecule has 3 nitrogen and oxygen atoms in total. The fourth-order valence-electron chi connectivity index (χ4n) is 3.43. The van der Waals surface area contributed by atoms with E-state index in [4.69, 9.17) is 4.74 Å². The van der Waals surface area contributed by atoms with Gasteiger partial charge in [0.1, 0.15) is 12.2 Å². The van der Waals surface area contributed by atoms with Gasteiger partial charge in [-0.25, -0.2) is 0 Å². The van der Waals surface area contributed by atoms with Crippen molar-refractivity contribution in [1.29, 1.82) is 0 Å². The number of aliphatic hydroxyl groups excluding tert-OH is 1. The lowest BCUT2D eigenvalue weighted by molar-refractivity contribution is -0.148. The van der Waals surface area contributed by atoms with Crippen LogP contribution in [-0.4, -0.2) is 26.7 Å². The van der Waals surface area contributed by atoms with Gasteiger partial charge in [0.05, 0.1) is 5.92 Å². The summed E-state index contributed by atoms with van der Waals surface area (Å²) in [5.74, 6) is -0.0123. The molecule has 1 heterocycles. The van der Waals surface area contributed by atoms with Gasteiger partial charge in [-0.15, -0.1) is 0 Å². The van der Waals surface area contributed by atoms with Crippen molar-refractivity contribution in [1.82, 2.24) is 0 Å². The first-order chi connectivity index (χ1) is 9.36. The van der Waals surface area contributed by atoms with Crippen LogP contribution in [0.5, 0.6) is 0 Å². The van der Waals surface area contributed by atoms with Crippen LogP contribution in [0, 0.1) is 11.8 Å². The minimum atomic E-state index is -0.583. The summed E-state index contributed by atoms with van der Waals surface area (Å²) >= 11 is 2.33. The number of esters is 1. The monoisotopic (exact) mass is 392 g/mol. The molecule has 0 aromatic rings. The fourth-order valence-corrected chi connectivity index (χ4v) is 4.10. The molecule has 0 spiro atoms. The number of ether oxygens (including phenoxy) is 1. The average Bonchev–Trinajstić information content (AvgIpc) is 2.70. The third-order valence-electron chi connectivity index (χ3n) is 4.86. The lowest BCUT2D eigenvalue weighted by atomic mass is 9.78. The number of carbonyl (C=O) groups is 1. The van der Waals surface area contributed by atoms with Crippen molar-refractivity contribution in [2.24, 2.45) is 11.8 Å². The van der Waals surface area contributed by atoms with E-state index in [1.54, 1.807) is 0 Å². The molecular weight excluding hydrogens is 367 g/mol. The van der Waals surface area contributed by atoms with E-state index in [0.29, 0.717) is 0 Å². The maximum Gasteiger partial charge on any atom is 0.309 e. The first-order valence-electron chi connectivity index (χ1n) is 7.60. The molecule has 1 fully saturated rings. The first kappa shape index (κ1) is 16.3. The van der Waals surface area contributed by atoms with Gasteiger partial charge in [0.15, 0.2) is 0 Å². The highest BCUT2D eigenvalue weighted by molar-refractivity contribution is 14.1. The highest BCUT2D eigenvalue weighted by Crippen LogP contribution is 2.42. The normalized spacial score (nSPS) is 45.2. The summed E-state index contributed by atoms with van der Waals surface area (Å²) in [7, 11) is 0. The zero-order chi connectivity index (χ0) is 14.9. The summed E-state index contributed by atoms with van der Waals surface area (Å²) in [4.78, 5) is 12.1. The molecule has 1 N–H and O–H groups in total. The summed E-state index contributed by atoms with van der Waals surface area (Å²) in [5, 5.41) is 10.7. The zero-order valence-corrected chi connectivity index (χ0v) is 14.7. The molecule has 0 unspecified atom stereocenters. The quantitative estimate of drug-likeness (QED) is 0.321. The molecule has 20 heavy (non-hydrogen) atoms. The Morgan fingerprint density at radius 1 is 1.55 bits per heavy atom. The maximum absolute atomic E-state index is 12.1. The smallest absolute Gasteiger partial charge is 0.309 e. The number of hydrogen-bond donors (Lipinski definition) is 1. The second-order valence-electron chi connectivity index (χ2n) is 6.43. The SMILES string of the molecule is CC[C@@H]1C(=O)O[C@H]2[C@H]1CC/C(C)=C/CC[C@@](C)(I)[C@@H]2O. The van der Waals surface area contributed by atoms with E-state index in [-0.39, 0.29) is 27.3 Å². The number of alkyl halides is 1. The Labute approximate surface area is 135 Å². The maximum atomic E-state index is 12.1. The van der Waals surface area contributed by atoms with Gasteiger partial charge in [0, 0.05) is 9.34 Å². The van der Waals surface area contributed by atoms with E-state index in [9.17, 15) is 9.90 Å². The van der Waals surface area contributed by atoms with E-state index >= 15 is 0 Å². The van der Waals surface area contributed by atoms with Crippen molar-refractivity contribution >= 4 is 28.6 Å². The Balaban J connectivity index is 2.30. The van der Waals surface area contributed by atoms with Gasteiger partial charge in [-0.1, -0.05) is 41.2 Å². The summed E-state index contributed by atoms with van der Waals surface area (Å²) in [6.45, 7) is 6.26. The van der Waals surface area contributed by atoms with Crippen LogP contribution >= 0.6 is 22.6 Å². The topological polar surface area (TPSA) is 46.5 Å². The molecule has 2 aliphatic rings. The van der Waals surface area contributed by atoms with E-state index in [0.717, 1.165) is 32.1 Å². The fraction of sp³-hybridized carbons (Fsp3) is 0.812. The van der Waals surface area contributed by atoms with Crippen molar-refractivity contribution < 1.29 is 14.6 Å². The van der Waals surface area contributed by atoms with Gasteiger partial charge in [0.2, 0.25) is 0 Å². The summed E-state index contributed by atoms with van der Waals surface area (Å²) in [6, 6.07) is 0. The second kappa shape index (κ2) is 6.34. The van der Waals surface area contributed by atoms with Crippen LogP contribution in [0.15, 0.2) is 11.6 Å². The number of hydrogen-bond acceptors (Lipinski definition) is 3. The molecule has 1 aliphatic carbocycles. The minimum Gasteiger partial charge on any atom is -0.459 e. The second-order valence-corrected chi connectivity index (χ2v) is 8.90. The Bertz CT molecular complexity index is 403. The molecule has 1 saturated heterocycles. The molecule has 0 aromatic carbocycles. The molecule has 5 atom stereocenters. The number of aliphatic hydroxyl groups is 1. The lowest BCUT2D eigenvalue weighted by Crippen LogP contribution is -2.45. The van der Waals surface area contributed by atoms with Crippen molar-refractivity contribution in [3.63, 3.8) is 0 Å².